The van der Waals surface area contributed by atoms with Crippen LogP contribution in [-0.2, 0) is 12.7 Å². The number of halogens is 3. The molecule has 1 saturated heterocycles. The summed E-state index contributed by atoms with van der Waals surface area (Å²) in [5.41, 5.74) is 10.5. The molecule has 0 saturated carbocycles. The maximum atomic E-state index is 12.8. The summed E-state index contributed by atoms with van der Waals surface area (Å²) in [6, 6.07) is 23.3. The number of hydrogen-bond donors (Lipinski definition) is 1. The average molecular weight is 438 g/mol. The first-order valence-corrected chi connectivity index (χ1v) is 10.7. The van der Waals surface area contributed by atoms with Gasteiger partial charge in [-0.05, 0) is 42.2 Å². The van der Waals surface area contributed by atoms with Gasteiger partial charge in [0.1, 0.15) is 6.04 Å². The number of nitrogen functional groups attached to an aromatic ring is 1. The maximum Gasteiger partial charge on any atom is 0.416 e. The first-order chi connectivity index (χ1) is 15.4. The highest BCUT2D eigenvalue weighted by molar-refractivity contribution is 5.86. The second kappa shape index (κ2) is 9.57. The van der Waals surface area contributed by atoms with Crippen molar-refractivity contribution >= 4 is 11.4 Å². The van der Waals surface area contributed by atoms with Crippen LogP contribution >= 0.6 is 0 Å². The van der Waals surface area contributed by atoms with Crippen molar-refractivity contribution in [1.82, 2.24) is 4.90 Å². The molecule has 1 aliphatic heterocycles. The molecule has 1 atom stereocenters. The van der Waals surface area contributed by atoms with E-state index in [0.717, 1.165) is 66.2 Å². The van der Waals surface area contributed by atoms with E-state index in [9.17, 15) is 13.2 Å². The topological polar surface area (TPSA) is 41.6 Å². The summed E-state index contributed by atoms with van der Waals surface area (Å²) < 4.78 is 38.3. The fraction of sp³-hybridized carbons (Fsp3) is 0.269. The van der Waals surface area contributed by atoms with Gasteiger partial charge in [0.25, 0.3) is 0 Å². The van der Waals surface area contributed by atoms with E-state index in [0.29, 0.717) is 6.54 Å². The summed E-state index contributed by atoms with van der Waals surface area (Å²) in [5, 5.41) is 0. The highest BCUT2D eigenvalue weighted by Gasteiger charge is 2.30. The Hall–Kier alpha value is -3.12. The van der Waals surface area contributed by atoms with E-state index in [1.54, 1.807) is 12.1 Å². The zero-order chi connectivity index (χ0) is 22.6. The van der Waals surface area contributed by atoms with Gasteiger partial charge >= 0.3 is 6.18 Å². The van der Waals surface area contributed by atoms with Gasteiger partial charge in [-0.15, -0.1) is 0 Å². The summed E-state index contributed by atoms with van der Waals surface area (Å²) in [6.45, 7) is 2.29. The summed E-state index contributed by atoms with van der Waals surface area (Å²) in [4.78, 5) is 7.36. The fourth-order valence-corrected chi connectivity index (χ4v) is 4.06. The molecule has 3 nitrogen and oxygen atoms in total. The Kier molecular flexibility index (Phi) is 6.61. The fourth-order valence-electron chi connectivity index (χ4n) is 4.06. The Balaban J connectivity index is 1.45. The van der Waals surface area contributed by atoms with Crippen molar-refractivity contribution in [2.75, 3.05) is 18.8 Å². The minimum absolute atomic E-state index is 0.145. The van der Waals surface area contributed by atoms with Gasteiger partial charge in [0.05, 0.1) is 5.56 Å². The first-order valence-electron chi connectivity index (χ1n) is 10.7. The molecule has 0 amide bonds. The molecule has 1 aliphatic rings. The Morgan fingerprint density at radius 1 is 0.844 bits per heavy atom. The number of alkyl halides is 3. The Bertz CT molecular complexity index is 1050. The first kappa shape index (κ1) is 22.1. The molecule has 0 spiro atoms. The number of likely N-dealkylation sites (tertiary alicyclic amines) is 1. The van der Waals surface area contributed by atoms with Crippen LogP contribution in [0.2, 0.25) is 0 Å². The van der Waals surface area contributed by atoms with Gasteiger partial charge in [-0.3, -0.25) is 9.89 Å². The van der Waals surface area contributed by atoms with Crippen molar-refractivity contribution in [2.45, 2.75) is 31.6 Å². The van der Waals surface area contributed by atoms with Crippen LogP contribution in [0.1, 0.15) is 41.1 Å². The van der Waals surface area contributed by atoms with Crippen LogP contribution in [0.25, 0.3) is 0 Å². The molecule has 0 bridgehead atoms. The number of para-hydroxylation sites is 1. The SMILES string of the molecule is Nc1ccccc1C(N=C1CCN(Cc2ccc(C(F)(F)F)cc2)CC1)c1ccccc1. The highest BCUT2D eigenvalue weighted by atomic mass is 19.4. The minimum Gasteiger partial charge on any atom is -0.398 e. The third kappa shape index (κ3) is 5.37. The lowest BCUT2D eigenvalue weighted by Crippen LogP contribution is -2.33. The minimum atomic E-state index is -4.30. The summed E-state index contributed by atoms with van der Waals surface area (Å²) in [5.74, 6) is 0. The third-order valence-corrected chi connectivity index (χ3v) is 5.84. The van der Waals surface area contributed by atoms with Gasteiger partial charge in [0.2, 0.25) is 0 Å². The normalized spacial score (nSPS) is 16.0. The molecule has 0 radical (unpaired) electrons. The van der Waals surface area contributed by atoms with E-state index in [1.165, 1.54) is 0 Å². The Labute approximate surface area is 186 Å². The Morgan fingerprint density at radius 2 is 1.47 bits per heavy atom. The van der Waals surface area contributed by atoms with Crippen molar-refractivity contribution in [3.63, 3.8) is 0 Å². The van der Waals surface area contributed by atoms with E-state index in [-0.39, 0.29) is 6.04 Å². The second-order valence-electron chi connectivity index (χ2n) is 8.11. The zero-order valence-corrected chi connectivity index (χ0v) is 17.7. The number of nitrogens with two attached hydrogens (primary N) is 1. The molecule has 0 aliphatic carbocycles. The molecule has 4 rings (SSSR count). The number of piperidine rings is 1. The number of hydrogen-bond acceptors (Lipinski definition) is 3. The molecule has 1 unspecified atom stereocenters. The van der Waals surface area contributed by atoms with E-state index >= 15 is 0 Å². The smallest absolute Gasteiger partial charge is 0.398 e. The lowest BCUT2D eigenvalue weighted by Gasteiger charge is -2.29. The summed E-state index contributed by atoms with van der Waals surface area (Å²) in [6.07, 6.45) is -2.64. The van der Waals surface area contributed by atoms with Crippen molar-refractivity contribution in [3.05, 3.63) is 101 Å². The molecule has 0 aromatic heterocycles. The predicted octanol–water partition coefficient (Wildman–Crippen LogP) is 6.11. The molecule has 6 heteroatoms. The van der Waals surface area contributed by atoms with Gasteiger partial charge in [0, 0.05) is 36.6 Å². The monoisotopic (exact) mass is 437 g/mol. The van der Waals surface area contributed by atoms with Gasteiger partial charge in [0.15, 0.2) is 0 Å². The van der Waals surface area contributed by atoms with Crippen molar-refractivity contribution < 1.29 is 13.2 Å². The average Bonchev–Trinajstić information content (AvgIpc) is 2.79. The standard InChI is InChI=1S/C26H26F3N3/c27-26(28,29)21-12-10-19(11-13-21)18-32-16-14-22(15-17-32)31-25(20-6-2-1-3-7-20)23-8-4-5-9-24(23)30/h1-13,25H,14-18,30H2. The van der Waals surface area contributed by atoms with Gasteiger partial charge in [-0.25, -0.2) is 0 Å². The van der Waals surface area contributed by atoms with Gasteiger partial charge in [-0.1, -0.05) is 60.7 Å². The Morgan fingerprint density at radius 3 is 2.09 bits per heavy atom. The largest absolute Gasteiger partial charge is 0.416 e. The lowest BCUT2D eigenvalue weighted by atomic mass is 9.97. The van der Waals surface area contributed by atoms with Crippen LogP contribution in [0.5, 0.6) is 0 Å². The van der Waals surface area contributed by atoms with Gasteiger partial charge in [-0.2, -0.15) is 13.2 Å². The number of anilines is 1. The van der Waals surface area contributed by atoms with Crippen LogP contribution in [0.15, 0.2) is 83.9 Å². The summed E-state index contributed by atoms with van der Waals surface area (Å²) in [7, 11) is 0. The third-order valence-electron chi connectivity index (χ3n) is 5.84. The molecule has 1 fully saturated rings. The molecule has 32 heavy (non-hydrogen) atoms. The van der Waals surface area contributed by atoms with E-state index in [2.05, 4.69) is 17.0 Å². The van der Waals surface area contributed by atoms with Crippen LogP contribution in [0, 0.1) is 0 Å². The zero-order valence-electron chi connectivity index (χ0n) is 17.7. The van der Waals surface area contributed by atoms with Crippen LogP contribution in [-0.4, -0.2) is 23.7 Å². The quantitative estimate of drug-likeness (QED) is 0.489. The molecular weight excluding hydrogens is 411 g/mol. The number of benzene rings is 3. The molecular formula is C26H26F3N3. The highest BCUT2D eigenvalue weighted by Crippen LogP contribution is 2.32. The van der Waals surface area contributed by atoms with Crippen LogP contribution in [0.4, 0.5) is 18.9 Å². The van der Waals surface area contributed by atoms with E-state index in [1.807, 2.05) is 42.5 Å². The molecule has 3 aromatic carbocycles. The number of aliphatic imine (C=N–C) groups is 1. The van der Waals surface area contributed by atoms with Crippen LogP contribution < -0.4 is 5.73 Å². The molecule has 166 valence electrons. The molecule has 2 N–H and O–H groups in total. The molecule has 1 heterocycles. The molecule has 3 aromatic rings. The maximum absolute atomic E-state index is 12.8. The predicted molar refractivity (Wildman–Crippen MR) is 123 cm³/mol. The number of nitrogens with zero attached hydrogens (tertiary/aromatic N) is 2. The van der Waals surface area contributed by atoms with Crippen molar-refractivity contribution in [1.29, 1.82) is 0 Å². The number of rotatable bonds is 5. The second-order valence-corrected chi connectivity index (χ2v) is 8.11. The van der Waals surface area contributed by atoms with Gasteiger partial charge < -0.3 is 5.73 Å². The summed E-state index contributed by atoms with van der Waals surface area (Å²) >= 11 is 0. The lowest BCUT2D eigenvalue weighted by molar-refractivity contribution is -0.137. The van der Waals surface area contributed by atoms with Crippen molar-refractivity contribution in [3.8, 4) is 0 Å². The van der Waals surface area contributed by atoms with Crippen molar-refractivity contribution in [2.24, 2.45) is 4.99 Å². The van der Waals surface area contributed by atoms with E-state index < -0.39 is 11.7 Å². The van der Waals surface area contributed by atoms with Crippen LogP contribution in [0.3, 0.4) is 0 Å². The van der Waals surface area contributed by atoms with E-state index in [4.69, 9.17) is 10.7 Å².